The lowest BCUT2D eigenvalue weighted by Gasteiger charge is -2.06. The molecule has 0 atom stereocenters. The number of carboxylic acids is 1. The van der Waals surface area contributed by atoms with Crippen LogP contribution in [0, 0.1) is 12.7 Å². The van der Waals surface area contributed by atoms with Gasteiger partial charge in [-0.15, -0.1) is 11.3 Å². The molecule has 0 amide bonds. The van der Waals surface area contributed by atoms with Gasteiger partial charge in [-0.25, -0.2) is 4.39 Å². The summed E-state index contributed by atoms with van der Waals surface area (Å²) >= 11 is 1.45. The van der Waals surface area contributed by atoms with Crippen molar-refractivity contribution in [2.75, 3.05) is 5.32 Å². The minimum absolute atomic E-state index is 0.0454. The number of aryl methyl sites for hydroxylation is 1. The Labute approximate surface area is 114 Å². The molecule has 0 fully saturated rings. The molecule has 0 unspecified atom stereocenters. The number of anilines is 1. The van der Waals surface area contributed by atoms with E-state index in [0.717, 1.165) is 21.0 Å². The van der Waals surface area contributed by atoms with E-state index in [1.54, 1.807) is 0 Å². The van der Waals surface area contributed by atoms with Crippen LogP contribution in [0.2, 0.25) is 0 Å². The Morgan fingerprint density at radius 1 is 1.32 bits per heavy atom. The van der Waals surface area contributed by atoms with Crippen LogP contribution in [-0.2, 0) is 17.8 Å². The fourth-order valence-electron chi connectivity index (χ4n) is 1.79. The van der Waals surface area contributed by atoms with E-state index in [-0.39, 0.29) is 12.2 Å². The molecular formula is C14H14FNO2S. The Morgan fingerprint density at radius 3 is 2.74 bits per heavy atom. The van der Waals surface area contributed by atoms with Crippen molar-refractivity contribution < 1.29 is 14.3 Å². The maximum atomic E-state index is 13.2. The van der Waals surface area contributed by atoms with Crippen LogP contribution < -0.4 is 5.32 Å². The molecule has 0 bridgehead atoms. The second-order valence-corrected chi connectivity index (χ2v) is 5.56. The van der Waals surface area contributed by atoms with Crippen molar-refractivity contribution in [2.24, 2.45) is 0 Å². The summed E-state index contributed by atoms with van der Waals surface area (Å²) in [6.07, 6.45) is 0.0454. The number of rotatable bonds is 5. The number of nitrogens with one attached hydrogen (secondary N) is 1. The van der Waals surface area contributed by atoms with Crippen molar-refractivity contribution in [1.29, 1.82) is 0 Å². The zero-order valence-electron chi connectivity index (χ0n) is 10.4. The van der Waals surface area contributed by atoms with Crippen molar-refractivity contribution in [3.8, 4) is 0 Å². The highest BCUT2D eigenvalue weighted by atomic mass is 32.1. The molecule has 0 radical (unpaired) electrons. The zero-order chi connectivity index (χ0) is 13.8. The van der Waals surface area contributed by atoms with Gasteiger partial charge in [-0.2, -0.15) is 0 Å². The lowest BCUT2D eigenvalue weighted by molar-refractivity contribution is -0.136. The highest BCUT2D eigenvalue weighted by molar-refractivity contribution is 7.12. The van der Waals surface area contributed by atoms with Gasteiger partial charge in [0.2, 0.25) is 0 Å². The number of benzene rings is 1. The van der Waals surface area contributed by atoms with Crippen LogP contribution in [0.5, 0.6) is 0 Å². The molecule has 19 heavy (non-hydrogen) atoms. The van der Waals surface area contributed by atoms with Gasteiger partial charge in [0.05, 0.1) is 6.42 Å². The Morgan fingerprint density at radius 2 is 2.05 bits per heavy atom. The quantitative estimate of drug-likeness (QED) is 0.881. The molecule has 0 saturated carbocycles. The molecule has 2 aromatic rings. The number of halogens is 1. The fourth-order valence-corrected chi connectivity index (χ4v) is 2.74. The predicted octanol–water partition coefficient (Wildman–Crippen LogP) is 3.43. The Kier molecular flexibility index (Phi) is 4.16. The van der Waals surface area contributed by atoms with Crippen LogP contribution in [0.15, 0.2) is 30.3 Å². The molecule has 5 heteroatoms. The van der Waals surface area contributed by atoms with Crippen molar-refractivity contribution in [3.63, 3.8) is 0 Å². The van der Waals surface area contributed by atoms with Crippen LogP contribution in [0.4, 0.5) is 10.1 Å². The Balaban J connectivity index is 1.98. The molecule has 100 valence electrons. The Hall–Kier alpha value is -1.88. The largest absolute Gasteiger partial charge is 0.481 e. The molecule has 1 heterocycles. The molecule has 3 nitrogen and oxygen atoms in total. The van der Waals surface area contributed by atoms with Gasteiger partial charge in [0.25, 0.3) is 0 Å². The van der Waals surface area contributed by atoms with Gasteiger partial charge >= 0.3 is 5.97 Å². The number of hydrogen-bond donors (Lipinski definition) is 2. The minimum atomic E-state index is -0.831. The summed E-state index contributed by atoms with van der Waals surface area (Å²) < 4.78 is 13.2. The SMILES string of the molecule is Cc1cc(F)cc(NCc2ccc(CC(=O)O)s2)c1. The number of carboxylic acid groups (broad SMARTS) is 1. The Bertz CT molecular complexity index is 575. The molecule has 0 aliphatic carbocycles. The summed E-state index contributed by atoms with van der Waals surface area (Å²) in [5.41, 5.74) is 1.59. The molecule has 1 aromatic heterocycles. The maximum absolute atomic E-state index is 13.2. The number of aliphatic carboxylic acids is 1. The molecular weight excluding hydrogens is 265 g/mol. The standard InChI is InChI=1S/C14H14FNO2S/c1-9-4-10(15)6-11(5-9)16-8-13-3-2-12(19-13)7-14(17)18/h2-6,16H,7-8H2,1H3,(H,17,18). The van der Waals surface area contributed by atoms with Gasteiger partial charge in [-0.05, 0) is 42.8 Å². The zero-order valence-corrected chi connectivity index (χ0v) is 11.3. The normalized spacial score (nSPS) is 10.4. The van der Waals surface area contributed by atoms with E-state index in [2.05, 4.69) is 5.32 Å². The summed E-state index contributed by atoms with van der Waals surface area (Å²) in [6, 6.07) is 8.49. The van der Waals surface area contributed by atoms with E-state index in [1.807, 2.05) is 25.1 Å². The average Bonchev–Trinajstić information content (AvgIpc) is 2.72. The first-order valence-electron chi connectivity index (χ1n) is 5.83. The van der Waals surface area contributed by atoms with Crippen molar-refractivity contribution in [3.05, 3.63) is 51.5 Å². The average molecular weight is 279 g/mol. The topological polar surface area (TPSA) is 49.3 Å². The third-order valence-corrected chi connectivity index (χ3v) is 3.64. The summed E-state index contributed by atoms with van der Waals surface area (Å²) in [4.78, 5) is 12.4. The lowest BCUT2D eigenvalue weighted by atomic mass is 10.2. The first-order valence-corrected chi connectivity index (χ1v) is 6.65. The van der Waals surface area contributed by atoms with E-state index in [1.165, 1.54) is 23.5 Å². The summed E-state index contributed by atoms with van der Waals surface area (Å²) in [5, 5.41) is 11.8. The van der Waals surface area contributed by atoms with Crippen LogP contribution in [0.3, 0.4) is 0 Å². The summed E-state index contributed by atoms with van der Waals surface area (Å²) in [6.45, 7) is 2.40. The number of thiophene rings is 1. The molecule has 0 saturated heterocycles. The van der Waals surface area contributed by atoms with Gasteiger partial charge in [-0.1, -0.05) is 0 Å². The molecule has 0 aliphatic rings. The summed E-state index contributed by atoms with van der Waals surface area (Å²) in [5.74, 6) is -1.10. The van der Waals surface area contributed by atoms with Crippen molar-refractivity contribution >= 4 is 23.0 Å². The van der Waals surface area contributed by atoms with Crippen LogP contribution in [-0.4, -0.2) is 11.1 Å². The van der Waals surface area contributed by atoms with Crippen LogP contribution in [0.25, 0.3) is 0 Å². The van der Waals surface area contributed by atoms with E-state index in [0.29, 0.717) is 6.54 Å². The summed E-state index contributed by atoms with van der Waals surface area (Å²) in [7, 11) is 0. The maximum Gasteiger partial charge on any atom is 0.308 e. The third-order valence-electron chi connectivity index (χ3n) is 2.55. The van der Waals surface area contributed by atoms with Gasteiger partial charge in [0.15, 0.2) is 0 Å². The van der Waals surface area contributed by atoms with Crippen molar-refractivity contribution in [1.82, 2.24) is 0 Å². The van der Waals surface area contributed by atoms with Crippen LogP contribution in [0.1, 0.15) is 15.3 Å². The molecule has 1 aromatic carbocycles. The molecule has 0 aliphatic heterocycles. The highest BCUT2D eigenvalue weighted by Crippen LogP contribution is 2.20. The number of hydrogen-bond acceptors (Lipinski definition) is 3. The first kappa shape index (κ1) is 13.5. The monoisotopic (exact) mass is 279 g/mol. The van der Waals surface area contributed by atoms with Crippen molar-refractivity contribution in [2.45, 2.75) is 19.9 Å². The van der Waals surface area contributed by atoms with Gasteiger partial charge in [0.1, 0.15) is 5.82 Å². The minimum Gasteiger partial charge on any atom is -0.481 e. The van der Waals surface area contributed by atoms with E-state index in [9.17, 15) is 9.18 Å². The lowest BCUT2D eigenvalue weighted by Crippen LogP contribution is -1.98. The molecule has 0 spiro atoms. The first-order chi connectivity index (χ1) is 9.02. The second kappa shape index (κ2) is 5.84. The van der Waals surface area contributed by atoms with E-state index >= 15 is 0 Å². The third kappa shape index (κ3) is 4.06. The smallest absolute Gasteiger partial charge is 0.308 e. The van der Waals surface area contributed by atoms with Gasteiger partial charge in [-0.3, -0.25) is 4.79 Å². The van der Waals surface area contributed by atoms with Gasteiger partial charge < -0.3 is 10.4 Å². The number of carbonyl (C=O) groups is 1. The molecule has 2 N–H and O–H groups in total. The predicted molar refractivity (Wildman–Crippen MR) is 74.1 cm³/mol. The van der Waals surface area contributed by atoms with Gasteiger partial charge in [0, 0.05) is 22.0 Å². The van der Waals surface area contributed by atoms with E-state index < -0.39 is 5.97 Å². The molecule has 2 rings (SSSR count). The second-order valence-electron chi connectivity index (χ2n) is 4.31. The van der Waals surface area contributed by atoms with E-state index in [4.69, 9.17) is 5.11 Å². The van der Waals surface area contributed by atoms with Crippen LogP contribution >= 0.6 is 11.3 Å². The fraction of sp³-hybridized carbons (Fsp3) is 0.214. The highest BCUT2D eigenvalue weighted by Gasteiger charge is 2.05.